The van der Waals surface area contributed by atoms with Crippen molar-refractivity contribution in [2.45, 2.75) is 31.8 Å². The van der Waals surface area contributed by atoms with Crippen LogP contribution in [0.4, 0.5) is 0 Å². The molecule has 0 radical (unpaired) electrons. The number of fused-ring (bicyclic) bond motifs is 1. The van der Waals surface area contributed by atoms with Crippen LogP contribution < -0.4 is 4.74 Å². The highest BCUT2D eigenvalue weighted by Gasteiger charge is 2.42. The Morgan fingerprint density at radius 2 is 1.97 bits per heavy atom. The molecule has 2 heterocycles. The largest absolute Gasteiger partial charge is 0.496 e. The smallest absolute Gasteiger partial charge is 0.257 e. The first kappa shape index (κ1) is 19.8. The summed E-state index contributed by atoms with van der Waals surface area (Å²) in [6.45, 7) is 1.80. The molecule has 0 aromatic heterocycles. The third kappa shape index (κ3) is 4.10. The lowest BCUT2D eigenvalue weighted by atomic mass is 9.98. The van der Waals surface area contributed by atoms with Gasteiger partial charge in [-0.15, -0.1) is 0 Å². The maximum atomic E-state index is 13.2. The lowest BCUT2D eigenvalue weighted by molar-refractivity contribution is -0.133. The van der Waals surface area contributed by atoms with Crippen molar-refractivity contribution in [1.29, 1.82) is 0 Å². The van der Waals surface area contributed by atoms with Crippen molar-refractivity contribution in [3.05, 3.63) is 64.7 Å². The van der Waals surface area contributed by atoms with E-state index in [-0.39, 0.29) is 17.9 Å². The third-order valence-corrected chi connectivity index (χ3v) is 6.20. The molecule has 2 atom stereocenters. The molecule has 0 N–H and O–H groups in total. The fourth-order valence-corrected chi connectivity index (χ4v) is 4.66. The summed E-state index contributed by atoms with van der Waals surface area (Å²) in [6, 6.07) is 15.2. The first-order valence-electron chi connectivity index (χ1n) is 10.0. The van der Waals surface area contributed by atoms with Gasteiger partial charge < -0.3 is 14.5 Å². The van der Waals surface area contributed by atoms with Gasteiger partial charge in [0.05, 0.1) is 18.7 Å². The average molecular weight is 413 g/mol. The van der Waals surface area contributed by atoms with Crippen LogP contribution in [-0.4, -0.2) is 47.9 Å². The number of likely N-dealkylation sites (tertiary alicyclic amines) is 2. The molecule has 4 rings (SSSR count). The van der Waals surface area contributed by atoms with Crippen LogP contribution in [-0.2, 0) is 11.3 Å². The maximum absolute atomic E-state index is 13.2. The highest BCUT2D eigenvalue weighted by molar-refractivity contribution is 6.30. The van der Waals surface area contributed by atoms with E-state index in [2.05, 4.69) is 0 Å². The van der Waals surface area contributed by atoms with Crippen molar-refractivity contribution >= 4 is 23.4 Å². The Labute approximate surface area is 176 Å². The van der Waals surface area contributed by atoms with Crippen molar-refractivity contribution < 1.29 is 14.3 Å². The molecule has 0 spiro atoms. The summed E-state index contributed by atoms with van der Waals surface area (Å²) in [4.78, 5) is 29.9. The summed E-state index contributed by atoms with van der Waals surface area (Å²) in [5.74, 6) is 0.887. The fourth-order valence-electron chi connectivity index (χ4n) is 4.50. The first-order valence-corrected chi connectivity index (χ1v) is 10.4. The summed E-state index contributed by atoms with van der Waals surface area (Å²) in [5, 5.41) is 0.532. The Bertz CT molecular complexity index is 902. The topological polar surface area (TPSA) is 49.9 Å². The van der Waals surface area contributed by atoms with Crippen LogP contribution in [0.3, 0.4) is 0 Å². The molecule has 2 fully saturated rings. The Hall–Kier alpha value is -2.53. The van der Waals surface area contributed by atoms with Crippen LogP contribution >= 0.6 is 11.6 Å². The highest BCUT2D eigenvalue weighted by atomic mass is 35.5. The molecule has 0 aliphatic carbocycles. The minimum atomic E-state index is -0.0706. The van der Waals surface area contributed by atoms with Gasteiger partial charge in [0.1, 0.15) is 5.75 Å². The van der Waals surface area contributed by atoms with Gasteiger partial charge in [0.2, 0.25) is 5.91 Å². The number of hydrogen-bond acceptors (Lipinski definition) is 3. The molecule has 0 bridgehead atoms. The predicted octanol–water partition coefficient (Wildman–Crippen LogP) is 4.00. The van der Waals surface area contributed by atoms with Crippen LogP contribution in [0.2, 0.25) is 5.02 Å². The van der Waals surface area contributed by atoms with Crippen molar-refractivity contribution in [3.8, 4) is 5.75 Å². The van der Waals surface area contributed by atoms with Gasteiger partial charge in [-0.2, -0.15) is 0 Å². The first-order chi connectivity index (χ1) is 14.1. The van der Waals surface area contributed by atoms with Crippen LogP contribution in [0.5, 0.6) is 5.75 Å². The number of hydrogen-bond donors (Lipinski definition) is 0. The van der Waals surface area contributed by atoms with Gasteiger partial charge in [-0.25, -0.2) is 0 Å². The SMILES string of the molecule is COc1cc(Cl)ccc1C(=O)N1C[C@H]2CCCC(=O)N(Cc3ccccc3)[C@H]2C1. The van der Waals surface area contributed by atoms with Crippen molar-refractivity contribution in [3.63, 3.8) is 0 Å². The second-order valence-corrected chi connectivity index (χ2v) is 8.22. The molecule has 2 aromatic rings. The number of ether oxygens (including phenoxy) is 1. The third-order valence-electron chi connectivity index (χ3n) is 5.97. The van der Waals surface area contributed by atoms with Gasteiger partial charge >= 0.3 is 0 Å². The summed E-state index contributed by atoms with van der Waals surface area (Å²) in [6.07, 6.45) is 2.42. The van der Waals surface area contributed by atoms with E-state index in [1.165, 1.54) is 7.11 Å². The lowest BCUT2D eigenvalue weighted by Crippen LogP contribution is -2.43. The standard InChI is InChI=1S/C23H25ClN2O3/c1-29-21-12-18(24)10-11-19(21)23(28)25-14-17-8-5-9-22(27)26(20(17)15-25)13-16-6-3-2-4-7-16/h2-4,6-7,10-12,17,20H,5,8-9,13-15H2,1H3/t17-,20+/m1/s1. The van der Waals surface area contributed by atoms with Crippen molar-refractivity contribution in [2.24, 2.45) is 5.92 Å². The number of benzene rings is 2. The monoisotopic (exact) mass is 412 g/mol. The quantitative estimate of drug-likeness (QED) is 0.762. The van der Waals surface area contributed by atoms with Gasteiger partial charge in [-0.3, -0.25) is 9.59 Å². The second-order valence-electron chi connectivity index (χ2n) is 7.78. The number of carbonyl (C=O) groups is 2. The molecule has 6 heteroatoms. The molecule has 5 nitrogen and oxygen atoms in total. The Morgan fingerprint density at radius 1 is 1.17 bits per heavy atom. The molecule has 2 aromatic carbocycles. The van der Waals surface area contributed by atoms with E-state index >= 15 is 0 Å². The van der Waals surface area contributed by atoms with Gasteiger partial charge in [-0.05, 0) is 42.5 Å². The van der Waals surface area contributed by atoms with E-state index in [1.54, 1.807) is 18.2 Å². The van der Waals surface area contributed by atoms with E-state index in [4.69, 9.17) is 16.3 Å². The Morgan fingerprint density at radius 3 is 2.72 bits per heavy atom. The molecule has 152 valence electrons. The molecule has 2 saturated heterocycles. The molecule has 0 saturated carbocycles. The zero-order valence-corrected chi connectivity index (χ0v) is 17.3. The Balaban J connectivity index is 1.56. The van der Waals surface area contributed by atoms with E-state index in [0.717, 1.165) is 18.4 Å². The second kappa shape index (κ2) is 8.46. The molecule has 29 heavy (non-hydrogen) atoms. The number of nitrogens with zero attached hydrogens (tertiary/aromatic N) is 2. The molecule has 2 amide bonds. The molecular formula is C23H25ClN2O3. The molecule has 2 aliphatic rings. The summed E-state index contributed by atoms with van der Waals surface area (Å²) in [7, 11) is 1.54. The van der Waals surface area contributed by atoms with Gasteiger partial charge in [0.25, 0.3) is 5.91 Å². The average Bonchev–Trinajstić information content (AvgIpc) is 3.10. The van der Waals surface area contributed by atoms with Crippen LogP contribution in [0.25, 0.3) is 0 Å². The number of amides is 2. The summed E-state index contributed by atoms with van der Waals surface area (Å²) < 4.78 is 5.37. The van der Waals surface area contributed by atoms with Crippen LogP contribution in [0, 0.1) is 5.92 Å². The fraction of sp³-hybridized carbons (Fsp3) is 0.391. The number of halogens is 1. The number of methoxy groups -OCH3 is 1. The minimum absolute atomic E-state index is 0.0486. The lowest BCUT2D eigenvalue weighted by Gasteiger charge is -2.30. The highest BCUT2D eigenvalue weighted by Crippen LogP contribution is 2.33. The summed E-state index contributed by atoms with van der Waals surface area (Å²) in [5.41, 5.74) is 1.62. The summed E-state index contributed by atoms with van der Waals surface area (Å²) >= 11 is 6.04. The molecule has 0 unspecified atom stereocenters. The van der Waals surface area contributed by atoms with E-state index in [0.29, 0.717) is 48.3 Å². The van der Waals surface area contributed by atoms with Crippen LogP contribution in [0.15, 0.2) is 48.5 Å². The van der Waals surface area contributed by atoms with Crippen molar-refractivity contribution in [2.75, 3.05) is 20.2 Å². The van der Waals surface area contributed by atoms with Crippen molar-refractivity contribution in [1.82, 2.24) is 9.80 Å². The van der Waals surface area contributed by atoms with Gasteiger partial charge in [-0.1, -0.05) is 41.9 Å². The maximum Gasteiger partial charge on any atom is 0.257 e. The molecule has 2 aliphatic heterocycles. The van der Waals surface area contributed by atoms with E-state index in [1.807, 2.05) is 40.1 Å². The van der Waals surface area contributed by atoms with Crippen LogP contribution in [0.1, 0.15) is 35.2 Å². The predicted molar refractivity (Wildman–Crippen MR) is 112 cm³/mol. The zero-order chi connectivity index (χ0) is 20.4. The van der Waals surface area contributed by atoms with E-state index in [9.17, 15) is 9.59 Å². The molecular weight excluding hydrogens is 388 g/mol. The number of rotatable bonds is 4. The van der Waals surface area contributed by atoms with Gasteiger partial charge in [0, 0.05) is 31.1 Å². The Kier molecular flexibility index (Phi) is 5.76. The van der Waals surface area contributed by atoms with Gasteiger partial charge in [0.15, 0.2) is 0 Å². The minimum Gasteiger partial charge on any atom is -0.496 e. The van der Waals surface area contributed by atoms with E-state index < -0.39 is 0 Å². The zero-order valence-electron chi connectivity index (χ0n) is 16.5. The number of carbonyl (C=O) groups excluding carboxylic acids is 2. The normalized spacial score (nSPS) is 21.7.